The van der Waals surface area contributed by atoms with Gasteiger partial charge in [-0.25, -0.2) is 0 Å². The van der Waals surface area contributed by atoms with Gasteiger partial charge in [0.2, 0.25) is 0 Å². The van der Waals surface area contributed by atoms with Crippen LogP contribution in [0, 0.1) is 11.3 Å². The Balaban J connectivity index is 2.16. The fraction of sp³-hybridized carbons (Fsp3) is 0.929. The highest BCUT2D eigenvalue weighted by Crippen LogP contribution is 2.22. The van der Waals surface area contributed by atoms with Gasteiger partial charge in [-0.15, -0.1) is 0 Å². The van der Waals surface area contributed by atoms with Gasteiger partial charge >= 0.3 is 5.97 Å². The summed E-state index contributed by atoms with van der Waals surface area (Å²) >= 11 is 0. The lowest BCUT2D eigenvalue weighted by Gasteiger charge is -2.29. The zero-order chi connectivity index (χ0) is 13.6. The topological polar surface area (TPSA) is 58.6 Å². The van der Waals surface area contributed by atoms with E-state index in [2.05, 4.69) is 12.2 Å². The van der Waals surface area contributed by atoms with Gasteiger partial charge in [0.25, 0.3) is 0 Å². The number of carboxylic acids is 1. The minimum absolute atomic E-state index is 0.418. The maximum Gasteiger partial charge on any atom is 0.309 e. The highest BCUT2D eigenvalue weighted by molar-refractivity contribution is 5.73. The number of hydrogen-bond donors (Lipinski definition) is 2. The molecule has 0 aromatic rings. The smallest absolute Gasteiger partial charge is 0.309 e. The van der Waals surface area contributed by atoms with Crippen LogP contribution in [0.4, 0.5) is 0 Å². The zero-order valence-electron chi connectivity index (χ0n) is 11.9. The van der Waals surface area contributed by atoms with E-state index in [9.17, 15) is 4.79 Å². The summed E-state index contributed by atoms with van der Waals surface area (Å²) in [6.45, 7) is 8.33. The van der Waals surface area contributed by atoms with Crippen molar-refractivity contribution >= 4 is 5.97 Å². The second-order valence-electron chi connectivity index (χ2n) is 5.93. The van der Waals surface area contributed by atoms with Gasteiger partial charge in [0.1, 0.15) is 0 Å². The Morgan fingerprint density at radius 1 is 1.50 bits per heavy atom. The molecule has 2 N–H and O–H groups in total. The molecule has 0 bridgehead atoms. The number of carboxylic acid groups (broad SMARTS) is 1. The third-order valence-corrected chi connectivity index (χ3v) is 3.87. The molecular formula is C14H27NO3. The van der Waals surface area contributed by atoms with E-state index >= 15 is 0 Å². The molecule has 1 aliphatic heterocycles. The summed E-state index contributed by atoms with van der Waals surface area (Å²) in [5.74, 6) is -0.0435. The molecule has 0 aromatic carbocycles. The van der Waals surface area contributed by atoms with Crippen molar-refractivity contribution in [2.75, 3.05) is 19.7 Å². The molecule has 0 saturated carbocycles. The van der Waals surface area contributed by atoms with Gasteiger partial charge < -0.3 is 15.2 Å². The third kappa shape index (κ3) is 4.94. The third-order valence-electron chi connectivity index (χ3n) is 3.87. The number of aliphatic carboxylic acids is 1. The number of hydrogen-bond acceptors (Lipinski definition) is 3. The normalized spacial score (nSPS) is 25.1. The predicted molar refractivity (Wildman–Crippen MR) is 71.7 cm³/mol. The van der Waals surface area contributed by atoms with Gasteiger partial charge in [-0.1, -0.05) is 6.92 Å². The largest absolute Gasteiger partial charge is 0.481 e. The molecule has 106 valence electrons. The van der Waals surface area contributed by atoms with Crippen LogP contribution in [-0.4, -0.2) is 36.9 Å². The molecule has 2 atom stereocenters. The van der Waals surface area contributed by atoms with Crippen LogP contribution in [-0.2, 0) is 9.53 Å². The standard InChI is InChI=1S/C14H27NO3/c1-4-12-9-11(5-8-18-12)10-15-7-6-14(2,3)13(16)17/h11-12,15H,4-10H2,1-3H3,(H,16,17). The number of nitrogens with one attached hydrogen (secondary N) is 1. The second kappa shape index (κ2) is 7.10. The summed E-state index contributed by atoms with van der Waals surface area (Å²) < 4.78 is 5.64. The molecule has 1 heterocycles. The van der Waals surface area contributed by atoms with Gasteiger partial charge in [-0.05, 0) is 58.5 Å². The average molecular weight is 257 g/mol. The minimum atomic E-state index is -0.721. The van der Waals surface area contributed by atoms with Crippen molar-refractivity contribution in [3.05, 3.63) is 0 Å². The first kappa shape index (κ1) is 15.4. The van der Waals surface area contributed by atoms with Crippen molar-refractivity contribution < 1.29 is 14.6 Å². The van der Waals surface area contributed by atoms with Gasteiger partial charge in [0, 0.05) is 6.61 Å². The number of ether oxygens (including phenoxy) is 1. The van der Waals surface area contributed by atoms with Crippen LogP contribution >= 0.6 is 0 Å². The average Bonchev–Trinajstić information content (AvgIpc) is 2.35. The highest BCUT2D eigenvalue weighted by atomic mass is 16.5. The van der Waals surface area contributed by atoms with Crippen molar-refractivity contribution in [2.45, 2.75) is 52.6 Å². The maximum atomic E-state index is 11.0. The van der Waals surface area contributed by atoms with E-state index in [4.69, 9.17) is 9.84 Å². The summed E-state index contributed by atoms with van der Waals surface area (Å²) in [6, 6.07) is 0. The van der Waals surface area contributed by atoms with Gasteiger partial charge in [0.05, 0.1) is 11.5 Å². The lowest BCUT2D eigenvalue weighted by atomic mass is 9.89. The Bertz CT molecular complexity index is 266. The number of carbonyl (C=O) groups is 1. The SMILES string of the molecule is CCC1CC(CNCCC(C)(C)C(=O)O)CCO1. The molecule has 1 aliphatic rings. The molecule has 1 rings (SSSR count). The van der Waals surface area contributed by atoms with E-state index in [0.29, 0.717) is 18.4 Å². The summed E-state index contributed by atoms with van der Waals surface area (Å²) in [6.07, 6.45) is 4.42. The van der Waals surface area contributed by atoms with Crippen molar-refractivity contribution in [1.82, 2.24) is 5.32 Å². The van der Waals surface area contributed by atoms with E-state index in [-0.39, 0.29) is 0 Å². The second-order valence-corrected chi connectivity index (χ2v) is 5.93. The lowest BCUT2D eigenvalue weighted by molar-refractivity contribution is -0.147. The molecule has 0 aromatic heterocycles. The molecule has 4 nitrogen and oxygen atoms in total. The first-order valence-corrected chi connectivity index (χ1v) is 7.01. The molecule has 1 saturated heterocycles. The molecular weight excluding hydrogens is 230 g/mol. The Labute approximate surface area is 110 Å². The Morgan fingerprint density at radius 2 is 2.22 bits per heavy atom. The minimum Gasteiger partial charge on any atom is -0.481 e. The van der Waals surface area contributed by atoms with Crippen molar-refractivity contribution in [3.63, 3.8) is 0 Å². The van der Waals surface area contributed by atoms with E-state index in [1.807, 2.05) is 0 Å². The zero-order valence-corrected chi connectivity index (χ0v) is 11.9. The lowest BCUT2D eigenvalue weighted by Crippen LogP contribution is -2.34. The molecule has 0 radical (unpaired) electrons. The Kier molecular flexibility index (Phi) is 6.09. The molecule has 4 heteroatoms. The van der Waals surface area contributed by atoms with E-state index < -0.39 is 11.4 Å². The molecule has 18 heavy (non-hydrogen) atoms. The van der Waals surface area contributed by atoms with Gasteiger partial charge in [0.15, 0.2) is 0 Å². The Morgan fingerprint density at radius 3 is 2.83 bits per heavy atom. The van der Waals surface area contributed by atoms with Gasteiger partial charge in [-0.2, -0.15) is 0 Å². The summed E-state index contributed by atoms with van der Waals surface area (Å²) in [5, 5.41) is 12.4. The van der Waals surface area contributed by atoms with Crippen molar-refractivity contribution in [1.29, 1.82) is 0 Å². The maximum absolute atomic E-state index is 11.0. The number of rotatable bonds is 7. The first-order valence-electron chi connectivity index (χ1n) is 7.01. The highest BCUT2D eigenvalue weighted by Gasteiger charge is 2.26. The van der Waals surface area contributed by atoms with E-state index in [1.54, 1.807) is 13.8 Å². The fourth-order valence-corrected chi connectivity index (χ4v) is 2.24. The van der Waals surface area contributed by atoms with Crippen molar-refractivity contribution in [3.8, 4) is 0 Å². The van der Waals surface area contributed by atoms with Gasteiger partial charge in [-0.3, -0.25) is 4.79 Å². The monoisotopic (exact) mass is 257 g/mol. The van der Waals surface area contributed by atoms with Crippen LogP contribution < -0.4 is 5.32 Å². The summed E-state index contributed by atoms with van der Waals surface area (Å²) in [7, 11) is 0. The van der Waals surface area contributed by atoms with E-state index in [1.165, 1.54) is 0 Å². The van der Waals surface area contributed by atoms with E-state index in [0.717, 1.165) is 39.0 Å². The van der Waals surface area contributed by atoms with Crippen LogP contribution in [0.25, 0.3) is 0 Å². The van der Waals surface area contributed by atoms with Crippen LogP contribution in [0.1, 0.15) is 46.5 Å². The molecule has 2 unspecified atom stereocenters. The summed E-state index contributed by atoms with van der Waals surface area (Å²) in [5.41, 5.74) is -0.630. The first-order chi connectivity index (χ1) is 8.45. The molecule has 0 aliphatic carbocycles. The molecule has 1 fully saturated rings. The van der Waals surface area contributed by atoms with Crippen LogP contribution in [0.15, 0.2) is 0 Å². The van der Waals surface area contributed by atoms with Crippen LogP contribution in [0.3, 0.4) is 0 Å². The molecule has 0 spiro atoms. The fourth-order valence-electron chi connectivity index (χ4n) is 2.24. The van der Waals surface area contributed by atoms with Crippen LogP contribution in [0.2, 0.25) is 0 Å². The quantitative estimate of drug-likeness (QED) is 0.687. The molecule has 0 amide bonds. The predicted octanol–water partition coefficient (Wildman–Crippen LogP) is 2.28. The van der Waals surface area contributed by atoms with Crippen LogP contribution in [0.5, 0.6) is 0 Å². The summed E-state index contributed by atoms with van der Waals surface area (Å²) in [4.78, 5) is 11.0. The van der Waals surface area contributed by atoms with Crippen molar-refractivity contribution in [2.24, 2.45) is 11.3 Å². The Hall–Kier alpha value is -0.610.